The molecule has 2 aromatic rings. The lowest BCUT2D eigenvalue weighted by Crippen LogP contribution is -2.41. The van der Waals surface area contributed by atoms with E-state index in [1.807, 2.05) is 11.0 Å². The molecule has 2 N–H and O–H groups in total. The van der Waals surface area contributed by atoms with Gasteiger partial charge in [0.25, 0.3) is 0 Å². The third-order valence-corrected chi connectivity index (χ3v) is 6.12. The third kappa shape index (κ3) is 3.87. The van der Waals surface area contributed by atoms with Crippen molar-refractivity contribution in [2.75, 3.05) is 13.1 Å². The van der Waals surface area contributed by atoms with Crippen LogP contribution in [-0.4, -0.2) is 55.5 Å². The molecule has 4 rings (SSSR count). The van der Waals surface area contributed by atoms with E-state index in [1.165, 1.54) is 12.8 Å². The summed E-state index contributed by atoms with van der Waals surface area (Å²) >= 11 is 0. The number of hydrogen-bond donors (Lipinski definition) is 2. The molecule has 28 heavy (non-hydrogen) atoms. The van der Waals surface area contributed by atoms with Crippen molar-refractivity contribution in [2.24, 2.45) is 11.8 Å². The number of hydroxylamine groups is 2. The maximum atomic E-state index is 13.4. The van der Waals surface area contributed by atoms with Crippen molar-refractivity contribution in [3.8, 4) is 0 Å². The van der Waals surface area contributed by atoms with Gasteiger partial charge >= 0.3 is 0 Å². The minimum atomic E-state index is -0.384. The van der Waals surface area contributed by atoms with Crippen LogP contribution >= 0.6 is 0 Å². The number of likely N-dealkylation sites (tertiary alicyclic amines) is 1. The Balaban J connectivity index is 1.54. The molecule has 1 aliphatic heterocycles. The zero-order valence-corrected chi connectivity index (χ0v) is 16.0. The average molecular weight is 385 g/mol. The highest BCUT2D eigenvalue weighted by Gasteiger charge is 2.37. The largest absolute Gasteiger partial charge is 0.339 e. The number of nitrogens with one attached hydrogen (secondary N) is 1. The van der Waals surface area contributed by atoms with E-state index in [1.54, 1.807) is 12.4 Å². The van der Waals surface area contributed by atoms with Crippen molar-refractivity contribution in [3.05, 3.63) is 24.3 Å². The van der Waals surface area contributed by atoms with E-state index in [0.29, 0.717) is 23.9 Å². The van der Waals surface area contributed by atoms with Crippen LogP contribution in [0.5, 0.6) is 0 Å². The van der Waals surface area contributed by atoms with Gasteiger partial charge in [0.1, 0.15) is 5.82 Å². The number of rotatable bonds is 7. The molecule has 2 aromatic heterocycles. The van der Waals surface area contributed by atoms with Crippen LogP contribution in [0.4, 0.5) is 0 Å². The number of H-pyrrole nitrogens is 1. The van der Waals surface area contributed by atoms with E-state index in [-0.39, 0.29) is 24.4 Å². The molecular formula is C20H27N5O3. The molecule has 1 saturated carbocycles. The smallest absolute Gasteiger partial charge is 0.233 e. The Kier molecular flexibility index (Phi) is 5.57. The maximum Gasteiger partial charge on any atom is 0.233 e. The summed E-state index contributed by atoms with van der Waals surface area (Å²) in [4.78, 5) is 38.3. The monoisotopic (exact) mass is 385 g/mol. The van der Waals surface area contributed by atoms with Crippen LogP contribution in [0.25, 0.3) is 11.0 Å². The summed E-state index contributed by atoms with van der Waals surface area (Å²) in [6, 6.07) is 1.75. The van der Waals surface area contributed by atoms with Crippen molar-refractivity contribution in [1.29, 1.82) is 0 Å². The Bertz CT molecular complexity index is 799. The highest BCUT2D eigenvalue weighted by atomic mass is 16.5. The number of nitrogens with zero attached hydrogens (tertiary/aromatic N) is 4. The standard InChI is InChI=1S/C20H27N5O3/c26-13-24(28)12-15(10-14-4-1-2-5-14)20(27)25-9-3-6-18(25)19-22-16-7-8-21-11-17(16)23-19/h7-8,11,13-15,18,28H,1-6,9-10,12H2,(H,22,23)/t15-,18-/m0/s1. The minimum Gasteiger partial charge on any atom is -0.339 e. The van der Waals surface area contributed by atoms with Crippen LogP contribution in [0.1, 0.15) is 56.8 Å². The molecule has 8 heteroatoms. The number of hydrogen-bond acceptors (Lipinski definition) is 5. The number of carbonyl (C=O) groups is 2. The molecule has 2 aliphatic rings. The van der Waals surface area contributed by atoms with Gasteiger partial charge in [-0.25, -0.2) is 10.0 Å². The Morgan fingerprint density at radius 1 is 1.36 bits per heavy atom. The van der Waals surface area contributed by atoms with Crippen molar-refractivity contribution in [3.63, 3.8) is 0 Å². The van der Waals surface area contributed by atoms with Crippen LogP contribution < -0.4 is 0 Å². The van der Waals surface area contributed by atoms with E-state index < -0.39 is 0 Å². The molecule has 8 nitrogen and oxygen atoms in total. The van der Waals surface area contributed by atoms with Gasteiger partial charge in [-0.05, 0) is 31.2 Å². The first-order valence-electron chi connectivity index (χ1n) is 10.2. The lowest BCUT2D eigenvalue weighted by atomic mass is 9.91. The summed E-state index contributed by atoms with van der Waals surface area (Å²) in [6.45, 7) is 0.721. The first kappa shape index (κ1) is 18.9. The van der Waals surface area contributed by atoms with Crippen LogP contribution in [0.2, 0.25) is 0 Å². The molecule has 2 amide bonds. The molecule has 0 spiro atoms. The molecule has 0 radical (unpaired) electrons. The van der Waals surface area contributed by atoms with Crippen molar-refractivity contribution >= 4 is 23.4 Å². The first-order valence-corrected chi connectivity index (χ1v) is 10.2. The zero-order chi connectivity index (χ0) is 19.5. The van der Waals surface area contributed by atoms with E-state index in [0.717, 1.165) is 49.0 Å². The normalized spacial score (nSPS) is 21.3. The second-order valence-electron chi connectivity index (χ2n) is 8.02. The molecule has 0 aromatic carbocycles. The summed E-state index contributed by atoms with van der Waals surface area (Å²) in [6.07, 6.45) is 10.9. The second kappa shape index (κ2) is 8.26. The van der Waals surface area contributed by atoms with Crippen LogP contribution in [0, 0.1) is 11.8 Å². The summed E-state index contributed by atoms with van der Waals surface area (Å²) in [5.74, 6) is 0.899. The van der Waals surface area contributed by atoms with E-state index >= 15 is 0 Å². The fourth-order valence-electron chi connectivity index (χ4n) is 4.75. The fraction of sp³-hybridized carbons (Fsp3) is 0.600. The van der Waals surface area contributed by atoms with Crippen molar-refractivity contribution in [2.45, 2.75) is 51.0 Å². The van der Waals surface area contributed by atoms with Crippen molar-refractivity contribution in [1.82, 2.24) is 24.9 Å². The number of amides is 2. The molecule has 150 valence electrons. The third-order valence-electron chi connectivity index (χ3n) is 6.12. The number of fused-ring (bicyclic) bond motifs is 1. The number of carbonyl (C=O) groups excluding carboxylic acids is 2. The van der Waals surface area contributed by atoms with Gasteiger partial charge in [0.05, 0.1) is 35.7 Å². The maximum absolute atomic E-state index is 13.4. The zero-order valence-electron chi connectivity index (χ0n) is 16.0. The highest BCUT2D eigenvalue weighted by molar-refractivity contribution is 5.80. The number of aromatic nitrogens is 3. The Hall–Kier alpha value is -2.48. The minimum absolute atomic E-state index is 0.00822. The summed E-state index contributed by atoms with van der Waals surface area (Å²) in [5.41, 5.74) is 1.70. The van der Waals surface area contributed by atoms with E-state index in [2.05, 4.69) is 15.0 Å². The Labute approximate surface area is 163 Å². The topological polar surface area (TPSA) is 102 Å². The molecule has 3 heterocycles. The molecule has 0 bridgehead atoms. The van der Waals surface area contributed by atoms with Gasteiger partial charge in [0.15, 0.2) is 0 Å². The summed E-state index contributed by atoms with van der Waals surface area (Å²) in [7, 11) is 0. The molecule has 2 atom stereocenters. The number of imidazole rings is 1. The van der Waals surface area contributed by atoms with Crippen LogP contribution in [0.15, 0.2) is 18.5 Å². The van der Waals surface area contributed by atoms with Gasteiger partial charge in [-0.2, -0.15) is 0 Å². The first-order chi connectivity index (χ1) is 13.7. The van der Waals surface area contributed by atoms with E-state index in [9.17, 15) is 14.8 Å². The second-order valence-corrected chi connectivity index (χ2v) is 8.02. The van der Waals surface area contributed by atoms with Gasteiger partial charge in [0.2, 0.25) is 12.3 Å². The average Bonchev–Trinajstić information content (AvgIpc) is 3.45. The molecule has 0 unspecified atom stereocenters. The Morgan fingerprint density at radius 2 is 2.18 bits per heavy atom. The van der Waals surface area contributed by atoms with Gasteiger partial charge < -0.3 is 9.88 Å². The van der Waals surface area contributed by atoms with Gasteiger partial charge in [-0.3, -0.25) is 19.8 Å². The van der Waals surface area contributed by atoms with Gasteiger partial charge in [-0.1, -0.05) is 25.7 Å². The van der Waals surface area contributed by atoms with Gasteiger partial charge in [0, 0.05) is 12.7 Å². The SMILES string of the molecule is O=CN(O)C[C@H](CC1CCCC1)C(=O)N1CCC[C@H]1c1nc2ccncc2[nH]1. The van der Waals surface area contributed by atoms with E-state index in [4.69, 9.17) is 0 Å². The Morgan fingerprint density at radius 3 is 2.93 bits per heavy atom. The lowest BCUT2D eigenvalue weighted by Gasteiger charge is -2.30. The quantitative estimate of drug-likeness (QED) is 0.433. The predicted molar refractivity (Wildman–Crippen MR) is 102 cm³/mol. The number of pyridine rings is 1. The molecule has 2 fully saturated rings. The molecular weight excluding hydrogens is 358 g/mol. The fourth-order valence-corrected chi connectivity index (χ4v) is 4.75. The number of aromatic amines is 1. The van der Waals surface area contributed by atoms with Crippen LogP contribution in [0.3, 0.4) is 0 Å². The lowest BCUT2D eigenvalue weighted by molar-refractivity contribution is -0.157. The summed E-state index contributed by atoms with van der Waals surface area (Å²) < 4.78 is 0. The van der Waals surface area contributed by atoms with Crippen LogP contribution in [-0.2, 0) is 9.59 Å². The predicted octanol–water partition coefficient (Wildman–Crippen LogP) is 2.67. The van der Waals surface area contributed by atoms with Gasteiger partial charge in [-0.15, -0.1) is 0 Å². The molecule has 1 aliphatic carbocycles. The summed E-state index contributed by atoms with van der Waals surface area (Å²) in [5, 5.41) is 10.3. The van der Waals surface area contributed by atoms with Crippen molar-refractivity contribution < 1.29 is 14.8 Å². The molecule has 1 saturated heterocycles. The highest BCUT2D eigenvalue weighted by Crippen LogP contribution is 2.36.